The zero-order valence-corrected chi connectivity index (χ0v) is 8.80. The molecule has 5 nitrogen and oxygen atoms in total. The molecule has 0 atom stereocenters. The second kappa shape index (κ2) is 3.30. The van der Waals surface area contributed by atoms with Gasteiger partial charge in [-0.15, -0.1) is 21.5 Å². The highest BCUT2D eigenvalue weighted by atomic mass is 32.1. The van der Waals surface area contributed by atoms with Crippen molar-refractivity contribution < 1.29 is 0 Å². The molecule has 2 rings (SSSR count). The minimum absolute atomic E-state index is 0.743. The number of nitrogens with zero attached hydrogens (tertiary/aromatic N) is 3. The maximum Gasteiger partial charge on any atom is 0.224 e. The highest BCUT2D eigenvalue weighted by molar-refractivity contribution is 7.19. The molecule has 2 aromatic rings. The van der Waals surface area contributed by atoms with Crippen LogP contribution in [0.2, 0.25) is 0 Å². The van der Waals surface area contributed by atoms with Crippen LogP contribution in [-0.4, -0.2) is 21.8 Å². The summed E-state index contributed by atoms with van der Waals surface area (Å²) in [7, 11) is 3.73. The van der Waals surface area contributed by atoms with Gasteiger partial charge in [-0.3, -0.25) is 4.57 Å². The van der Waals surface area contributed by atoms with Gasteiger partial charge in [-0.25, -0.2) is 0 Å². The smallest absolute Gasteiger partial charge is 0.224 e. The van der Waals surface area contributed by atoms with E-state index in [2.05, 4.69) is 15.5 Å². The molecule has 0 aliphatic carbocycles. The van der Waals surface area contributed by atoms with Crippen molar-refractivity contribution in [3.05, 3.63) is 12.1 Å². The summed E-state index contributed by atoms with van der Waals surface area (Å²) < 4.78 is 1.89. The Morgan fingerprint density at radius 2 is 2.21 bits per heavy atom. The van der Waals surface area contributed by atoms with Crippen molar-refractivity contribution in [1.29, 1.82) is 0 Å². The molecule has 0 unspecified atom stereocenters. The number of rotatable bonds is 2. The number of nitrogens with two attached hydrogens (primary N) is 1. The SMILES string of the molecule is CNc1nnc(-c2ccc(N)s2)n1C. The Morgan fingerprint density at radius 1 is 1.43 bits per heavy atom. The summed E-state index contributed by atoms with van der Waals surface area (Å²) in [6.45, 7) is 0. The molecule has 3 N–H and O–H groups in total. The fourth-order valence-electron chi connectivity index (χ4n) is 1.23. The van der Waals surface area contributed by atoms with Gasteiger partial charge in [0.1, 0.15) is 0 Å². The molecular formula is C8H11N5S. The number of hydrogen-bond acceptors (Lipinski definition) is 5. The van der Waals surface area contributed by atoms with E-state index in [1.165, 1.54) is 11.3 Å². The van der Waals surface area contributed by atoms with Gasteiger partial charge >= 0.3 is 0 Å². The van der Waals surface area contributed by atoms with Crippen LogP contribution in [0.5, 0.6) is 0 Å². The molecular weight excluding hydrogens is 198 g/mol. The van der Waals surface area contributed by atoms with Crippen LogP contribution in [0.3, 0.4) is 0 Å². The largest absolute Gasteiger partial charge is 0.391 e. The molecule has 6 heteroatoms. The van der Waals surface area contributed by atoms with E-state index in [-0.39, 0.29) is 0 Å². The van der Waals surface area contributed by atoms with Crippen molar-refractivity contribution in [1.82, 2.24) is 14.8 Å². The van der Waals surface area contributed by atoms with Gasteiger partial charge in [0, 0.05) is 14.1 Å². The summed E-state index contributed by atoms with van der Waals surface area (Å²) in [5.74, 6) is 1.57. The maximum atomic E-state index is 5.65. The van der Waals surface area contributed by atoms with E-state index in [0.29, 0.717) is 0 Å². The highest BCUT2D eigenvalue weighted by Crippen LogP contribution is 2.28. The zero-order chi connectivity index (χ0) is 10.1. The normalized spacial score (nSPS) is 10.4. The molecule has 0 saturated heterocycles. The lowest BCUT2D eigenvalue weighted by molar-refractivity contribution is 0.927. The van der Waals surface area contributed by atoms with Crippen molar-refractivity contribution >= 4 is 22.3 Å². The Kier molecular flexibility index (Phi) is 2.12. The van der Waals surface area contributed by atoms with Gasteiger partial charge < -0.3 is 11.1 Å². The molecule has 0 aliphatic heterocycles. The van der Waals surface area contributed by atoms with Crippen LogP contribution < -0.4 is 11.1 Å². The van der Waals surface area contributed by atoms with Crippen LogP contribution >= 0.6 is 11.3 Å². The van der Waals surface area contributed by atoms with E-state index in [9.17, 15) is 0 Å². The summed E-state index contributed by atoms with van der Waals surface area (Å²) in [5, 5.41) is 11.8. The van der Waals surface area contributed by atoms with Gasteiger partial charge in [-0.2, -0.15) is 0 Å². The van der Waals surface area contributed by atoms with Gasteiger partial charge in [0.2, 0.25) is 5.95 Å². The van der Waals surface area contributed by atoms with Gasteiger partial charge in [0.15, 0.2) is 5.82 Å². The Bertz CT molecular complexity index is 444. The van der Waals surface area contributed by atoms with E-state index in [1.54, 1.807) is 0 Å². The molecule has 0 fully saturated rings. The third-order valence-corrected chi connectivity index (χ3v) is 2.86. The average molecular weight is 209 g/mol. The first kappa shape index (κ1) is 9.01. The topological polar surface area (TPSA) is 68.8 Å². The second-order valence-electron chi connectivity index (χ2n) is 2.86. The highest BCUT2D eigenvalue weighted by Gasteiger charge is 2.10. The lowest BCUT2D eigenvalue weighted by atomic mass is 10.4. The van der Waals surface area contributed by atoms with Crippen LogP contribution in [0.25, 0.3) is 10.7 Å². The third-order valence-electron chi connectivity index (χ3n) is 1.95. The van der Waals surface area contributed by atoms with Crippen LogP contribution in [-0.2, 0) is 7.05 Å². The summed E-state index contributed by atoms with van der Waals surface area (Å²) in [6.07, 6.45) is 0. The number of hydrogen-bond donors (Lipinski definition) is 2. The fourth-order valence-corrected chi connectivity index (χ4v) is 2.03. The minimum atomic E-state index is 0.743. The molecule has 0 amide bonds. The zero-order valence-electron chi connectivity index (χ0n) is 7.98. The molecule has 0 spiro atoms. The first-order chi connectivity index (χ1) is 6.72. The van der Waals surface area contributed by atoms with Crippen LogP contribution in [0.1, 0.15) is 0 Å². The fraction of sp³-hybridized carbons (Fsp3) is 0.250. The van der Waals surface area contributed by atoms with Crippen molar-refractivity contribution in [3.8, 4) is 10.7 Å². The molecule has 0 bridgehead atoms. The van der Waals surface area contributed by atoms with Gasteiger partial charge in [0.25, 0.3) is 0 Å². The van der Waals surface area contributed by atoms with E-state index < -0.39 is 0 Å². The number of anilines is 2. The molecule has 0 radical (unpaired) electrons. The third kappa shape index (κ3) is 1.33. The summed E-state index contributed by atoms with van der Waals surface area (Å²) in [6, 6.07) is 3.82. The van der Waals surface area contributed by atoms with E-state index >= 15 is 0 Å². The van der Waals surface area contributed by atoms with Crippen molar-refractivity contribution in [2.75, 3.05) is 18.1 Å². The number of nitrogens with one attached hydrogen (secondary N) is 1. The van der Waals surface area contributed by atoms with Crippen LogP contribution in [0.15, 0.2) is 12.1 Å². The predicted molar refractivity (Wildman–Crippen MR) is 58.3 cm³/mol. The second-order valence-corrected chi connectivity index (χ2v) is 3.97. The van der Waals surface area contributed by atoms with Crippen LogP contribution in [0, 0.1) is 0 Å². The van der Waals surface area contributed by atoms with Crippen molar-refractivity contribution in [3.63, 3.8) is 0 Å². The molecule has 14 heavy (non-hydrogen) atoms. The monoisotopic (exact) mass is 209 g/mol. The van der Waals surface area contributed by atoms with E-state index in [1.807, 2.05) is 30.8 Å². The van der Waals surface area contributed by atoms with Crippen molar-refractivity contribution in [2.45, 2.75) is 0 Å². The predicted octanol–water partition coefficient (Wildman–Crippen LogP) is 1.17. The summed E-state index contributed by atoms with van der Waals surface area (Å²) >= 11 is 1.51. The summed E-state index contributed by atoms with van der Waals surface area (Å²) in [5.41, 5.74) is 5.65. The summed E-state index contributed by atoms with van der Waals surface area (Å²) in [4.78, 5) is 1.03. The van der Waals surface area contributed by atoms with Crippen LogP contribution in [0.4, 0.5) is 10.9 Å². The quantitative estimate of drug-likeness (QED) is 0.779. The first-order valence-electron chi connectivity index (χ1n) is 4.15. The Labute approximate surface area is 85.6 Å². The molecule has 0 saturated carbocycles. The van der Waals surface area contributed by atoms with Gasteiger partial charge in [-0.05, 0) is 12.1 Å². The molecule has 2 aromatic heterocycles. The Hall–Kier alpha value is -1.56. The number of thiophene rings is 1. The molecule has 0 aromatic carbocycles. The number of nitrogen functional groups attached to an aromatic ring is 1. The Balaban J connectivity index is 2.46. The molecule has 2 heterocycles. The lowest BCUT2D eigenvalue weighted by Gasteiger charge is -1.99. The first-order valence-corrected chi connectivity index (χ1v) is 4.97. The minimum Gasteiger partial charge on any atom is -0.391 e. The van der Waals surface area contributed by atoms with E-state index in [0.717, 1.165) is 21.7 Å². The standard InChI is InChI=1S/C8H11N5S/c1-10-8-12-11-7(13(8)2)5-3-4-6(9)14-5/h3-4H,9H2,1-2H3,(H,10,12). The van der Waals surface area contributed by atoms with Crippen molar-refractivity contribution in [2.24, 2.45) is 7.05 Å². The van der Waals surface area contributed by atoms with Gasteiger partial charge in [-0.1, -0.05) is 0 Å². The Morgan fingerprint density at radius 3 is 2.71 bits per heavy atom. The average Bonchev–Trinajstić information content (AvgIpc) is 2.72. The molecule has 74 valence electrons. The lowest BCUT2D eigenvalue weighted by Crippen LogP contribution is -1.98. The van der Waals surface area contributed by atoms with E-state index in [4.69, 9.17) is 5.73 Å². The van der Waals surface area contributed by atoms with Gasteiger partial charge in [0.05, 0.1) is 9.88 Å². The maximum absolute atomic E-state index is 5.65. The number of aromatic nitrogens is 3. The molecule has 0 aliphatic rings.